The van der Waals surface area contributed by atoms with Gasteiger partial charge in [0.05, 0.1) is 0 Å². The molecule has 1 N–H and O–H groups in total. The molecular formula is C12H13ClN2. The number of halogens is 1. The highest BCUT2D eigenvalue weighted by atomic mass is 35.5. The molecule has 0 saturated carbocycles. The van der Waals surface area contributed by atoms with Crippen LogP contribution in [0, 0.1) is 0 Å². The van der Waals surface area contributed by atoms with Crippen LogP contribution in [0.25, 0.3) is 10.8 Å². The molecule has 0 saturated heterocycles. The maximum atomic E-state index is 6.05. The van der Waals surface area contributed by atoms with Crippen molar-refractivity contribution >= 4 is 22.4 Å². The molecule has 0 aliphatic heterocycles. The Bertz CT molecular complexity index is 482. The molecule has 0 aliphatic rings. The lowest BCUT2D eigenvalue weighted by atomic mass is 10.0. The van der Waals surface area contributed by atoms with Crippen LogP contribution in [-0.4, -0.2) is 12.0 Å². The van der Waals surface area contributed by atoms with Gasteiger partial charge in [0.1, 0.15) is 5.15 Å². The van der Waals surface area contributed by atoms with E-state index >= 15 is 0 Å². The number of nitrogens with zero attached hydrogens (tertiary/aromatic N) is 1. The van der Waals surface area contributed by atoms with E-state index in [1.54, 1.807) is 0 Å². The molecule has 1 atom stereocenters. The van der Waals surface area contributed by atoms with Crippen molar-refractivity contribution in [2.45, 2.75) is 13.0 Å². The number of fused-ring (bicyclic) bond motifs is 1. The van der Waals surface area contributed by atoms with Crippen LogP contribution in [-0.2, 0) is 0 Å². The van der Waals surface area contributed by atoms with E-state index in [4.69, 9.17) is 11.6 Å². The van der Waals surface area contributed by atoms with Gasteiger partial charge in [0.2, 0.25) is 0 Å². The summed E-state index contributed by atoms with van der Waals surface area (Å²) < 4.78 is 0. The van der Waals surface area contributed by atoms with E-state index in [-0.39, 0.29) is 6.04 Å². The normalized spacial score (nSPS) is 13.0. The molecule has 15 heavy (non-hydrogen) atoms. The minimum absolute atomic E-state index is 0.277. The fourth-order valence-electron chi connectivity index (χ4n) is 1.68. The fraction of sp³-hybridized carbons (Fsp3) is 0.250. The first-order valence-corrected chi connectivity index (χ1v) is 5.32. The van der Waals surface area contributed by atoms with Crippen molar-refractivity contribution in [2.24, 2.45) is 0 Å². The molecule has 0 amide bonds. The van der Waals surface area contributed by atoms with Crippen molar-refractivity contribution in [1.29, 1.82) is 0 Å². The lowest BCUT2D eigenvalue weighted by Crippen LogP contribution is -2.13. The van der Waals surface area contributed by atoms with E-state index in [9.17, 15) is 0 Å². The van der Waals surface area contributed by atoms with Crippen molar-refractivity contribution in [2.75, 3.05) is 7.05 Å². The summed E-state index contributed by atoms with van der Waals surface area (Å²) in [4.78, 5) is 4.20. The average molecular weight is 221 g/mol. The van der Waals surface area contributed by atoms with E-state index in [2.05, 4.69) is 23.3 Å². The zero-order valence-electron chi connectivity index (χ0n) is 8.79. The Morgan fingerprint density at radius 2 is 1.93 bits per heavy atom. The molecule has 0 fully saturated rings. The quantitative estimate of drug-likeness (QED) is 0.787. The Kier molecular flexibility index (Phi) is 2.89. The third-order valence-corrected chi connectivity index (χ3v) is 2.98. The Morgan fingerprint density at radius 3 is 2.60 bits per heavy atom. The maximum Gasteiger partial charge on any atom is 0.136 e. The second-order valence-electron chi connectivity index (χ2n) is 3.56. The zero-order valence-corrected chi connectivity index (χ0v) is 9.55. The molecule has 1 aromatic heterocycles. The number of aromatic nitrogens is 1. The second-order valence-corrected chi connectivity index (χ2v) is 3.92. The highest BCUT2D eigenvalue weighted by Crippen LogP contribution is 2.27. The number of nitrogens with one attached hydrogen (secondary N) is 1. The van der Waals surface area contributed by atoms with Gasteiger partial charge in [0, 0.05) is 17.6 Å². The van der Waals surface area contributed by atoms with Crippen LogP contribution < -0.4 is 5.32 Å². The van der Waals surface area contributed by atoms with E-state index in [0.29, 0.717) is 5.15 Å². The van der Waals surface area contributed by atoms with Crippen molar-refractivity contribution in [3.05, 3.63) is 41.2 Å². The Hall–Kier alpha value is -1.12. The average Bonchev–Trinajstić information content (AvgIpc) is 2.29. The van der Waals surface area contributed by atoms with Gasteiger partial charge in [-0.3, -0.25) is 0 Å². The molecule has 1 unspecified atom stereocenters. The van der Waals surface area contributed by atoms with E-state index in [1.807, 2.05) is 31.4 Å². The molecule has 2 rings (SSSR count). The third-order valence-electron chi connectivity index (χ3n) is 2.68. The molecule has 2 nitrogen and oxygen atoms in total. The standard InChI is InChI=1S/C12H13ClN2/c1-8(14-2)11-7-15-12(13)10-6-4-3-5-9(10)11/h3-8,14H,1-2H3. The number of hydrogen-bond acceptors (Lipinski definition) is 2. The van der Waals surface area contributed by atoms with Gasteiger partial charge in [-0.15, -0.1) is 0 Å². The molecule has 0 radical (unpaired) electrons. The van der Waals surface area contributed by atoms with E-state index in [0.717, 1.165) is 5.39 Å². The topological polar surface area (TPSA) is 24.9 Å². The molecular weight excluding hydrogens is 208 g/mol. The molecule has 0 spiro atoms. The summed E-state index contributed by atoms with van der Waals surface area (Å²) in [5.74, 6) is 0. The van der Waals surface area contributed by atoms with Crippen molar-refractivity contribution in [3.63, 3.8) is 0 Å². The minimum Gasteiger partial charge on any atom is -0.313 e. The van der Waals surface area contributed by atoms with Crippen LogP contribution >= 0.6 is 11.6 Å². The summed E-state index contributed by atoms with van der Waals surface area (Å²) in [6.07, 6.45) is 1.84. The largest absolute Gasteiger partial charge is 0.313 e. The maximum absolute atomic E-state index is 6.05. The highest BCUT2D eigenvalue weighted by molar-refractivity contribution is 6.34. The predicted molar refractivity (Wildman–Crippen MR) is 64.2 cm³/mol. The zero-order chi connectivity index (χ0) is 10.8. The lowest BCUT2D eigenvalue weighted by molar-refractivity contribution is 0.655. The fourth-order valence-corrected chi connectivity index (χ4v) is 1.89. The summed E-state index contributed by atoms with van der Waals surface area (Å²) in [7, 11) is 1.94. The van der Waals surface area contributed by atoms with Crippen LogP contribution in [0.5, 0.6) is 0 Å². The first-order valence-electron chi connectivity index (χ1n) is 4.94. The van der Waals surface area contributed by atoms with Crippen LogP contribution in [0.15, 0.2) is 30.5 Å². The predicted octanol–water partition coefficient (Wildman–Crippen LogP) is 3.17. The van der Waals surface area contributed by atoms with Gasteiger partial charge in [-0.1, -0.05) is 35.9 Å². The van der Waals surface area contributed by atoms with Gasteiger partial charge in [-0.25, -0.2) is 4.98 Å². The second kappa shape index (κ2) is 4.17. The number of rotatable bonds is 2. The Morgan fingerprint density at radius 1 is 1.27 bits per heavy atom. The van der Waals surface area contributed by atoms with Crippen molar-refractivity contribution in [1.82, 2.24) is 10.3 Å². The first-order chi connectivity index (χ1) is 7.24. The molecule has 0 bridgehead atoms. The van der Waals surface area contributed by atoms with Crippen molar-refractivity contribution < 1.29 is 0 Å². The van der Waals surface area contributed by atoms with Crippen molar-refractivity contribution in [3.8, 4) is 0 Å². The van der Waals surface area contributed by atoms with Gasteiger partial charge in [0.15, 0.2) is 0 Å². The van der Waals surface area contributed by atoms with Gasteiger partial charge in [-0.05, 0) is 24.9 Å². The Labute approximate surface area is 94.3 Å². The lowest BCUT2D eigenvalue weighted by Gasteiger charge is -2.13. The molecule has 2 aromatic rings. The van der Waals surface area contributed by atoms with Crippen LogP contribution in [0.3, 0.4) is 0 Å². The Balaban J connectivity index is 2.71. The summed E-state index contributed by atoms with van der Waals surface area (Å²) in [6.45, 7) is 2.11. The minimum atomic E-state index is 0.277. The summed E-state index contributed by atoms with van der Waals surface area (Å²) >= 11 is 6.05. The number of pyridine rings is 1. The van der Waals surface area contributed by atoms with Gasteiger partial charge >= 0.3 is 0 Å². The number of benzene rings is 1. The molecule has 1 heterocycles. The molecule has 78 valence electrons. The summed E-state index contributed by atoms with van der Waals surface area (Å²) in [5, 5.41) is 5.96. The monoisotopic (exact) mass is 220 g/mol. The van der Waals surface area contributed by atoms with Crippen LogP contribution in [0.1, 0.15) is 18.5 Å². The smallest absolute Gasteiger partial charge is 0.136 e. The van der Waals surface area contributed by atoms with Crippen LogP contribution in [0.4, 0.5) is 0 Å². The van der Waals surface area contributed by atoms with E-state index in [1.165, 1.54) is 10.9 Å². The molecule has 1 aromatic carbocycles. The van der Waals surface area contributed by atoms with Gasteiger partial charge in [-0.2, -0.15) is 0 Å². The first kappa shape index (κ1) is 10.4. The van der Waals surface area contributed by atoms with Gasteiger partial charge in [0.25, 0.3) is 0 Å². The summed E-state index contributed by atoms with van der Waals surface area (Å²) in [5.41, 5.74) is 1.18. The number of hydrogen-bond donors (Lipinski definition) is 1. The van der Waals surface area contributed by atoms with Crippen LogP contribution in [0.2, 0.25) is 5.15 Å². The van der Waals surface area contributed by atoms with E-state index < -0.39 is 0 Å². The molecule has 3 heteroatoms. The van der Waals surface area contributed by atoms with Gasteiger partial charge < -0.3 is 5.32 Å². The summed E-state index contributed by atoms with van der Waals surface area (Å²) in [6, 6.07) is 8.34. The molecule has 0 aliphatic carbocycles. The SMILES string of the molecule is CNC(C)c1cnc(Cl)c2ccccc12. The third kappa shape index (κ3) is 1.83. The highest BCUT2D eigenvalue weighted by Gasteiger charge is 2.09.